The summed E-state index contributed by atoms with van der Waals surface area (Å²) in [6, 6.07) is 1.65. The second-order valence-electron chi connectivity index (χ2n) is 3.60. The maximum absolute atomic E-state index is 12.4. The lowest BCUT2D eigenvalue weighted by molar-refractivity contribution is -0.141. The van der Waals surface area contributed by atoms with Gasteiger partial charge in [0.15, 0.2) is 0 Å². The monoisotopic (exact) mass is 247 g/mol. The van der Waals surface area contributed by atoms with E-state index in [1.807, 2.05) is 6.92 Å². The van der Waals surface area contributed by atoms with Gasteiger partial charge in [-0.2, -0.15) is 13.2 Å². The molecule has 0 radical (unpaired) electrons. The van der Waals surface area contributed by atoms with Crippen molar-refractivity contribution in [1.29, 1.82) is 0 Å². The molecular weight excluding hydrogens is 235 g/mol. The van der Waals surface area contributed by atoms with Crippen LogP contribution in [0.5, 0.6) is 0 Å². The summed E-state index contributed by atoms with van der Waals surface area (Å²) in [7, 11) is 0. The molecule has 0 aliphatic carbocycles. The van der Waals surface area contributed by atoms with Crippen LogP contribution < -0.4 is 0 Å². The molecule has 0 spiro atoms. The lowest BCUT2D eigenvalue weighted by atomic mass is 10.1. The molecule has 0 aliphatic rings. The predicted molar refractivity (Wildman–Crippen MR) is 54.8 cm³/mol. The van der Waals surface area contributed by atoms with Gasteiger partial charge in [-0.25, -0.2) is 9.78 Å². The zero-order chi connectivity index (χ0) is 13.1. The van der Waals surface area contributed by atoms with Crippen LogP contribution >= 0.6 is 0 Å². The third-order valence-corrected chi connectivity index (χ3v) is 2.26. The number of carboxylic acid groups (broad SMARTS) is 1. The molecule has 0 aromatic carbocycles. The van der Waals surface area contributed by atoms with Crippen LogP contribution in [0.4, 0.5) is 13.2 Å². The van der Waals surface area contributed by atoms with E-state index in [0.717, 1.165) is 12.5 Å². The van der Waals surface area contributed by atoms with Gasteiger partial charge in [0.25, 0.3) is 0 Å². The van der Waals surface area contributed by atoms with Gasteiger partial charge in [0.2, 0.25) is 0 Å². The average molecular weight is 247 g/mol. The van der Waals surface area contributed by atoms with Crippen LogP contribution in [0, 0.1) is 0 Å². The van der Waals surface area contributed by atoms with Crippen molar-refractivity contribution in [2.24, 2.45) is 0 Å². The van der Waals surface area contributed by atoms with Crippen LogP contribution in [0.25, 0.3) is 0 Å². The lowest BCUT2D eigenvalue weighted by Gasteiger charge is -2.10. The molecule has 3 nitrogen and oxygen atoms in total. The number of rotatable bonds is 4. The fourth-order valence-electron chi connectivity index (χ4n) is 1.39. The third-order valence-electron chi connectivity index (χ3n) is 2.26. The molecule has 1 heterocycles. The molecule has 1 aromatic heterocycles. The summed E-state index contributed by atoms with van der Waals surface area (Å²) >= 11 is 0. The number of pyridine rings is 1. The standard InChI is InChI=1S/C11H12F3NO2/c1-2-3-4-8-7(10(16)17)5-6-9(15-8)11(12,13)14/h5-6H,2-4H2,1H3,(H,16,17). The van der Waals surface area contributed by atoms with Crippen molar-refractivity contribution in [3.63, 3.8) is 0 Å². The molecule has 0 bridgehead atoms. The van der Waals surface area contributed by atoms with Gasteiger partial charge in [-0.15, -0.1) is 0 Å². The quantitative estimate of drug-likeness (QED) is 0.889. The molecule has 1 aromatic rings. The fraction of sp³-hybridized carbons (Fsp3) is 0.455. The Morgan fingerprint density at radius 1 is 1.41 bits per heavy atom. The number of carboxylic acids is 1. The zero-order valence-corrected chi connectivity index (χ0v) is 9.21. The van der Waals surface area contributed by atoms with Gasteiger partial charge in [-0.3, -0.25) is 0 Å². The topological polar surface area (TPSA) is 50.2 Å². The first-order valence-electron chi connectivity index (χ1n) is 5.16. The minimum absolute atomic E-state index is 0.00539. The van der Waals surface area contributed by atoms with Gasteiger partial charge in [0, 0.05) is 0 Å². The van der Waals surface area contributed by atoms with Crippen molar-refractivity contribution in [2.45, 2.75) is 32.4 Å². The zero-order valence-electron chi connectivity index (χ0n) is 9.21. The summed E-state index contributed by atoms with van der Waals surface area (Å²) in [5, 5.41) is 8.84. The van der Waals surface area contributed by atoms with Crippen LogP contribution in [-0.2, 0) is 12.6 Å². The fourth-order valence-corrected chi connectivity index (χ4v) is 1.39. The number of alkyl halides is 3. The molecular formula is C11H12F3NO2. The minimum Gasteiger partial charge on any atom is -0.478 e. The van der Waals surface area contributed by atoms with Crippen LogP contribution in [-0.4, -0.2) is 16.1 Å². The van der Waals surface area contributed by atoms with Crippen molar-refractivity contribution < 1.29 is 23.1 Å². The smallest absolute Gasteiger partial charge is 0.433 e. The Bertz CT molecular complexity index is 416. The Morgan fingerprint density at radius 3 is 2.53 bits per heavy atom. The summed E-state index contributed by atoms with van der Waals surface area (Å²) < 4.78 is 37.2. The van der Waals surface area contributed by atoms with E-state index in [-0.39, 0.29) is 17.7 Å². The molecule has 94 valence electrons. The van der Waals surface area contributed by atoms with Gasteiger partial charge >= 0.3 is 12.1 Å². The molecule has 6 heteroatoms. The summed E-state index contributed by atoms with van der Waals surface area (Å²) in [5.74, 6) is -1.25. The predicted octanol–water partition coefficient (Wildman–Crippen LogP) is 3.14. The normalized spacial score (nSPS) is 11.5. The number of nitrogens with zero attached hydrogens (tertiary/aromatic N) is 1. The molecule has 1 rings (SSSR count). The van der Waals surface area contributed by atoms with Gasteiger partial charge in [-0.05, 0) is 25.0 Å². The van der Waals surface area contributed by atoms with Gasteiger partial charge < -0.3 is 5.11 Å². The first-order chi connectivity index (χ1) is 7.86. The second kappa shape index (κ2) is 5.16. The molecule has 1 N–H and O–H groups in total. The largest absolute Gasteiger partial charge is 0.478 e. The highest BCUT2D eigenvalue weighted by atomic mass is 19.4. The highest BCUT2D eigenvalue weighted by Crippen LogP contribution is 2.28. The van der Waals surface area contributed by atoms with Crippen molar-refractivity contribution in [2.75, 3.05) is 0 Å². The Kier molecular flexibility index (Phi) is 4.09. The lowest BCUT2D eigenvalue weighted by Crippen LogP contribution is -2.13. The van der Waals surface area contributed by atoms with Crippen molar-refractivity contribution >= 4 is 5.97 Å². The van der Waals surface area contributed by atoms with E-state index in [4.69, 9.17) is 5.11 Å². The van der Waals surface area contributed by atoms with Crippen LogP contribution in [0.15, 0.2) is 12.1 Å². The maximum Gasteiger partial charge on any atom is 0.433 e. The summed E-state index contributed by atoms with van der Waals surface area (Å²) in [6.07, 6.45) is -2.94. The van der Waals surface area contributed by atoms with Gasteiger partial charge in [-0.1, -0.05) is 13.3 Å². The van der Waals surface area contributed by atoms with E-state index in [9.17, 15) is 18.0 Å². The SMILES string of the molecule is CCCCc1nc(C(F)(F)F)ccc1C(=O)O. The average Bonchev–Trinajstić information content (AvgIpc) is 2.24. The van der Waals surface area contributed by atoms with Crippen LogP contribution in [0.1, 0.15) is 41.5 Å². The number of hydrogen-bond donors (Lipinski definition) is 1. The summed E-state index contributed by atoms with van der Waals surface area (Å²) in [5.41, 5.74) is -1.21. The Labute approximate surface area is 96.3 Å². The highest BCUT2D eigenvalue weighted by molar-refractivity contribution is 5.88. The molecule has 0 saturated heterocycles. The first-order valence-corrected chi connectivity index (χ1v) is 5.16. The molecule has 0 fully saturated rings. The number of aromatic nitrogens is 1. The Hall–Kier alpha value is -1.59. The van der Waals surface area contributed by atoms with Gasteiger partial charge in [0.1, 0.15) is 5.69 Å². The molecule has 17 heavy (non-hydrogen) atoms. The Morgan fingerprint density at radius 2 is 2.06 bits per heavy atom. The highest BCUT2D eigenvalue weighted by Gasteiger charge is 2.33. The van der Waals surface area contributed by atoms with E-state index in [1.165, 1.54) is 0 Å². The Balaban J connectivity index is 3.14. The van der Waals surface area contributed by atoms with E-state index >= 15 is 0 Å². The maximum atomic E-state index is 12.4. The number of unbranched alkanes of at least 4 members (excludes halogenated alkanes) is 1. The summed E-state index contributed by atoms with van der Waals surface area (Å²) in [6.45, 7) is 1.87. The summed E-state index contributed by atoms with van der Waals surface area (Å²) in [4.78, 5) is 14.2. The second-order valence-corrected chi connectivity index (χ2v) is 3.60. The number of aryl methyl sites for hydroxylation is 1. The van der Waals surface area contributed by atoms with Crippen molar-refractivity contribution in [3.05, 3.63) is 29.1 Å². The molecule has 0 unspecified atom stereocenters. The third kappa shape index (κ3) is 3.44. The minimum atomic E-state index is -4.54. The number of hydrogen-bond acceptors (Lipinski definition) is 2. The molecule has 0 aliphatic heterocycles. The van der Waals surface area contributed by atoms with Crippen molar-refractivity contribution in [1.82, 2.24) is 4.98 Å². The molecule has 0 saturated carbocycles. The van der Waals surface area contributed by atoms with Crippen molar-refractivity contribution in [3.8, 4) is 0 Å². The molecule has 0 amide bonds. The van der Waals surface area contributed by atoms with Crippen LogP contribution in [0.3, 0.4) is 0 Å². The van der Waals surface area contributed by atoms with E-state index in [2.05, 4.69) is 4.98 Å². The van der Waals surface area contributed by atoms with Crippen LogP contribution in [0.2, 0.25) is 0 Å². The molecule has 0 atom stereocenters. The number of halogens is 3. The first kappa shape index (κ1) is 13.5. The van der Waals surface area contributed by atoms with E-state index in [0.29, 0.717) is 12.5 Å². The van der Waals surface area contributed by atoms with Gasteiger partial charge in [0.05, 0.1) is 11.3 Å². The number of carbonyl (C=O) groups is 1. The van der Waals surface area contributed by atoms with E-state index < -0.39 is 17.8 Å². The van der Waals surface area contributed by atoms with E-state index in [1.54, 1.807) is 0 Å². The number of aromatic carboxylic acids is 1.